The number of aryl methyl sites for hydroxylation is 1. The summed E-state index contributed by atoms with van der Waals surface area (Å²) in [5.74, 6) is -0.674. The standard InChI is InChI=1S/C30H25ClFN3O2S/c1-18-26(33-29(38-18)34-28(37)30(13-3-14-30)22-7-9-23(31)10-8-22)20-6-11-25-19(16-20)12-15-35(25)27(36)21-4-2-5-24(32)17-21/h2,4-11,16-17H,3,12-15H2,1H3,(H,33,34,37). The lowest BCUT2D eigenvalue weighted by Gasteiger charge is -2.40. The molecule has 0 radical (unpaired) electrons. The summed E-state index contributed by atoms with van der Waals surface area (Å²) in [7, 11) is 0. The fraction of sp³-hybridized carbons (Fsp3) is 0.233. The van der Waals surface area contributed by atoms with Crippen molar-refractivity contribution in [2.75, 3.05) is 16.8 Å². The fourth-order valence-electron chi connectivity index (χ4n) is 5.42. The number of nitrogens with one attached hydrogen (secondary N) is 1. The van der Waals surface area contributed by atoms with Gasteiger partial charge in [0.2, 0.25) is 5.91 Å². The number of benzene rings is 3. The summed E-state index contributed by atoms with van der Waals surface area (Å²) in [6, 6.07) is 19.2. The van der Waals surface area contributed by atoms with Gasteiger partial charge in [-0.25, -0.2) is 9.37 Å². The van der Waals surface area contributed by atoms with E-state index in [1.54, 1.807) is 17.0 Å². The Hall–Kier alpha value is -3.55. The van der Waals surface area contributed by atoms with Crippen molar-refractivity contribution in [3.05, 3.63) is 99.1 Å². The van der Waals surface area contributed by atoms with Gasteiger partial charge in [0.05, 0.1) is 11.1 Å². The van der Waals surface area contributed by atoms with Gasteiger partial charge in [-0.05, 0) is 79.8 Å². The maximum absolute atomic E-state index is 13.7. The van der Waals surface area contributed by atoms with Gasteiger partial charge in [0.1, 0.15) is 5.82 Å². The van der Waals surface area contributed by atoms with Crippen LogP contribution in [-0.2, 0) is 16.6 Å². The minimum absolute atomic E-state index is 0.0353. The molecular formula is C30H25ClFN3O2S. The number of hydrogen-bond donors (Lipinski definition) is 1. The van der Waals surface area contributed by atoms with Crippen molar-refractivity contribution in [1.82, 2.24) is 4.98 Å². The number of halogens is 2. The highest BCUT2D eigenvalue weighted by molar-refractivity contribution is 7.16. The average molecular weight is 546 g/mol. The van der Waals surface area contributed by atoms with Gasteiger partial charge in [0.15, 0.2) is 5.13 Å². The second kappa shape index (κ2) is 9.64. The topological polar surface area (TPSA) is 62.3 Å². The zero-order chi connectivity index (χ0) is 26.4. The molecule has 1 fully saturated rings. The Morgan fingerprint density at radius 1 is 1.08 bits per heavy atom. The van der Waals surface area contributed by atoms with Crippen LogP contribution in [0, 0.1) is 12.7 Å². The van der Waals surface area contributed by atoms with Crippen LogP contribution in [0.5, 0.6) is 0 Å². The van der Waals surface area contributed by atoms with Crippen LogP contribution < -0.4 is 10.2 Å². The molecule has 5 nitrogen and oxygen atoms in total. The lowest BCUT2D eigenvalue weighted by Crippen LogP contribution is -2.45. The molecule has 4 aromatic rings. The van der Waals surface area contributed by atoms with Crippen LogP contribution in [0.2, 0.25) is 5.02 Å². The Morgan fingerprint density at radius 2 is 1.87 bits per heavy atom. The van der Waals surface area contributed by atoms with E-state index in [0.29, 0.717) is 28.7 Å². The summed E-state index contributed by atoms with van der Waals surface area (Å²) >= 11 is 7.52. The maximum atomic E-state index is 13.7. The Morgan fingerprint density at radius 3 is 2.58 bits per heavy atom. The molecule has 2 aliphatic rings. The van der Waals surface area contributed by atoms with Gasteiger partial charge in [-0.15, -0.1) is 11.3 Å². The van der Waals surface area contributed by atoms with Crippen LogP contribution in [0.15, 0.2) is 66.7 Å². The number of aromatic nitrogens is 1. The van der Waals surface area contributed by atoms with E-state index in [-0.39, 0.29) is 11.8 Å². The number of hydrogen-bond acceptors (Lipinski definition) is 4. The van der Waals surface area contributed by atoms with Crippen LogP contribution >= 0.6 is 22.9 Å². The van der Waals surface area contributed by atoms with E-state index in [0.717, 1.165) is 52.2 Å². The summed E-state index contributed by atoms with van der Waals surface area (Å²) in [4.78, 5) is 33.9. The molecule has 0 saturated heterocycles. The van der Waals surface area contributed by atoms with Gasteiger partial charge in [-0.2, -0.15) is 0 Å². The van der Waals surface area contributed by atoms with Gasteiger partial charge < -0.3 is 10.2 Å². The molecule has 1 aliphatic heterocycles. The van der Waals surface area contributed by atoms with Crippen LogP contribution in [0.3, 0.4) is 0 Å². The van der Waals surface area contributed by atoms with E-state index in [2.05, 4.69) is 11.4 Å². The molecule has 0 atom stereocenters. The highest BCUT2D eigenvalue weighted by Gasteiger charge is 2.46. The highest BCUT2D eigenvalue weighted by Crippen LogP contribution is 2.45. The lowest BCUT2D eigenvalue weighted by atomic mass is 9.64. The molecule has 0 spiro atoms. The SMILES string of the molecule is Cc1sc(NC(=O)C2(c3ccc(Cl)cc3)CCC2)nc1-c1ccc2c(c1)CCN2C(=O)c1cccc(F)c1. The minimum atomic E-state index is -0.546. The van der Waals surface area contributed by atoms with Gasteiger partial charge >= 0.3 is 0 Å². The number of amides is 2. The molecule has 2 heterocycles. The number of thiazole rings is 1. The first-order chi connectivity index (χ1) is 18.3. The van der Waals surface area contributed by atoms with Crippen LogP contribution in [0.1, 0.15) is 45.6 Å². The highest BCUT2D eigenvalue weighted by atomic mass is 35.5. The number of rotatable bonds is 5. The van der Waals surface area contributed by atoms with Crippen molar-refractivity contribution in [3.63, 3.8) is 0 Å². The largest absolute Gasteiger partial charge is 0.308 e. The third kappa shape index (κ3) is 4.29. The molecular weight excluding hydrogens is 521 g/mol. The third-order valence-electron chi connectivity index (χ3n) is 7.62. The number of anilines is 2. The smallest absolute Gasteiger partial charge is 0.258 e. The van der Waals surface area contributed by atoms with E-state index >= 15 is 0 Å². The van der Waals surface area contributed by atoms with E-state index in [9.17, 15) is 14.0 Å². The molecule has 38 heavy (non-hydrogen) atoms. The summed E-state index contributed by atoms with van der Waals surface area (Å²) in [5, 5.41) is 4.31. The van der Waals surface area contributed by atoms with E-state index in [4.69, 9.17) is 16.6 Å². The fourth-order valence-corrected chi connectivity index (χ4v) is 6.37. The third-order valence-corrected chi connectivity index (χ3v) is 8.76. The predicted octanol–water partition coefficient (Wildman–Crippen LogP) is 7.17. The summed E-state index contributed by atoms with van der Waals surface area (Å²) < 4.78 is 13.7. The first-order valence-electron chi connectivity index (χ1n) is 12.6. The molecule has 192 valence electrons. The maximum Gasteiger partial charge on any atom is 0.258 e. The van der Waals surface area contributed by atoms with E-state index in [1.165, 1.54) is 23.5 Å². The normalized spacial score (nSPS) is 15.6. The van der Waals surface area contributed by atoms with Crippen LogP contribution in [0.4, 0.5) is 15.2 Å². The molecule has 3 aromatic carbocycles. The average Bonchev–Trinajstić information content (AvgIpc) is 3.46. The number of carbonyl (C=O) groups excluding carboxylic acids is 2. The van der Waals surface area contributed by atoms with Crippen LogP contribution in [-0.4, -0.2) is 23.3 Å². The molecule has 1 aromatic heterocycles. The molecule has 2 amide bonds. The second-order valence-corrected chi connectivity index (χ2v) is 11.5. The summed E-state index contributed by atoms with van der Waals surface area (Å²) in [6.07, 6.45) is 3.31. The van der Waals surface area contributed by atoms with Crippen molar-refractivity contribution in [2.24, 2.45) is 0 Å². The van der Waals surface area contributed by atoms with Gasteiger partial charge in [0.25, 0.3) is 5.91 Å². The first-order valence-corrected chi connectivity index (χ1v) is 13.8. The van der Waals surface area contributed by atoms with Crippen molar-refractivity contribution in [1.29, 1.82) is 0 Å². The Bertz CT molecular complexity index is 1560. The minimum Gasteiger partial charge on any atom is -0.308 e. The number of fused-ring (bicyclic) bond motifs is 1. The quantitative estimate of drug-likeness (QED) is 0.289. The molecule has 1 aliphatic carbocycles. The van der Waals surface area contributed by atoms with Crippen molar-refractivity contribution < 1.29 is 14.0 Å². The van der Waals surface area contributed by atoms with Gasteiger partial charge in [-0.3, -0.25) is 9.59 Å². The van der Waals surface area contributed by atoms with Crippen molar-refractivity contribution >= 4 is 45.6 Å². The second-order valence-electron chi connectivity index (χ2n) is 9.88. The summed E-state index contributed by atoms with van der Waals surface area (Å²) in [6.45, 7) is 2.53. The number of carbonyl (C=O) groups is 2. The van der Waals surface area contributed by atoms with E-state index < -0.39 is 11.2 Å². The Kier molecular flexibility index (Phi) is 6.28. The number of nitrogens with zero attached hydrogens (tertiary/aromatic N) is 2. The zero-order valence-corrected chi connectivity index (χ0v) is 22.3. The molecule has 8 heteroatoms. The zero-order valence-electron chi connectivity index (χ0n) is 20.8. The summed E-state index contributed by atoms with van der Waals surface area (Å²) in [5.41, 5.74) is 4.40. The van der Waals surface area contributed by atoms with Gasteiger partial charge in [0, 0.05) is 33.3 Å². The van der Waals surface area contributed by atoms with E-state index in [1.807, 2.05) is 43.3 Å². The molecule has 0 bridgehead atoms. The predicted molar refractivity (Wildman–Crippen MR) is 150 cm³/mol. The van der Waals surface area contributed by atoms with Crippen molar-refractivity contribution in [2.45, 2.75) is 38.0 Å². The first kappa shape index (κ1) is 24.8. The van der Waals surface area contributed by atoms with Crippen molar-refractivity contribution in [3.8, 4) is 11.3 Å². The Labute approximate surface area is 229 Å². The monoisotopic (exact) mass is 545 g/mol. The van der Waals surface area contributed by atoms with Gasteiger partial charge in [-0.1, -0.05) is 42.3 Å². The Balaban J connectivity index is 1.22. The lowest BCUT2D eigenvalue weighted by molar-refractivity contribution is -0.124. The molecule has 0 unspecified atom stereocenters. The molecule has 1 N–H and O–H groups in total. The molecule has 1 saturated carbocycles. The van der Waals surface area contributed by atoms with Crippen LogP contribution in [0.25, 0.3) is 11.3 Å². The molecule has 6 rings (SSSR count).